The average molecular weight is 689 g/mol. The zero-order valence-corrected chi connectivity index (χ0v) is 33.3. The third kappa shape index (κ3) is 13.6. The lowest BCUT2D eigenvalue weighted by atomic mass is 9.81. The summed E-state index contributed by atoms with van der Waals surface area (Å²) in [6, 6.07) is 6.65. The molecule has 278 valence electrons. The van der Waals surface area contributed by atoms with Gasteiger partial charge in [-0.05, 0) is 106 Å². The van der Waals surface area contributed by atoms with Gasteiger partial charge in [-0.2, -0.15) is 0 Å². The maximum atomic E-state index is 13.9. The topological polar surface area (TPSA) is 79.2 Å². The van der Waals surface area contributed by atoms with E-state index >= 15 is 0 Å². The molecule has 0 saturated heterocycles. The highest BCUT2D eigenvalue weighted by molar-refractivity contribution is 6.11. The molecule has 6 heteroatoms. The number of carbonyl (C=O) groups is 2. The molecule has 0 heterocycles. The van der Waals surface area contributed by atoms with E-state index in [0.717, 1.165) is 49.1 Å². The molecule has 0 spiro atoms. The Morgan fingerprint density at radius 2 is 1.68 bits per heavy atom. The van der Waals surface area contributed by atoms with E-state index in [1.165, 1.54) is 42.2 Å². The van der Waals surface area contributed by atoms with Crippen LogP contribution in [0.2, 0.25) is 0 Å². The van der Waals surface area contributed by atoms with Crippen molar-refractivity contribution in [3.63, 3.8) is 0 Å². The lowest BCUT2D eigenvalue weighted by Gasteiger charge is -2.24. The van der Waals surface area contributed by atoms with Gasteiger partial charge in [0.15, 0.2) is 0 Å². The van der Waals surface area contributed by atoms with E-state index in [2.05, 4.69) is 58.1 Å². The van der Waals surface area contributed by atoms with Crippen molar-refractivity contribution in [2.75, 3.05) is 11.4 Å². The highest BCUT2D eigenvalue weighted by Gasteiger charge is 2.25. The number of hydrogen-bond donors (Lipinski definition) is 1. The van der Waals surface area contributed by atoms with Crippen LogP contribution in [-0.4, -0.2) is 35.3 Å². The van der Waals surface area contributed by atoms with Crippen LogP contribution in [-0.2, 0) is 9.53 Å². The van der Waals surface area contributed by atoms with Gasteiger partial charge in [-0.3, -0.25) is 4.79 Å². The zero-order valence-electron chi connectivity index (χ0n) is 33.3. The van der Waals surface area contributed by atoms with Gasteiger partial charge in [-0.1, -0.05) is 118 Å². The minimum absolute atomic E-state index is 0.0313. The van der Waals surface area contributed by atoms with Crippen molar-refractivity contribution in [2.45, 2.75) is 146 Å². The molecule has 1 N–H and O–H groups in total. The minimum Gasteiger partial charge on any atom is -0.491 e. The number of anilines is 1. The molecule has 1 amide bonds. The van der Waals surface area contributed by atoms with Gasteiger partial charge in [0.25, 0.3) is 5.91 Å². The van der Waals surface area contributed by atoms with Gasteiger partial charge >= 0.3 is 5.97 Å². The molecule has 6 nitrogen and oxygen atoms in total. The van der Waals surface area contributed by atoms with Gasteiger partial charge in [0.2, 0.25) is 0 Å². The Kier molecular flexibility index (Phi) is 21.0. The van der Waals surface area contributed by atoms with E-state index in [0.29, 0.717) is 30.3 Å². The van der Waals surface area contributed by atoms with Crippen LogP contribution in [0.1, 0.15) is 151 Å². The highest BCUT2D eigenvalue weighted by atomic mass is 16.5. The standard InChI is InChI=1S/C40H56N2O4.2C2H6/c1-8-17-31(25-24-29(5)46-33-21-16-20-32(26-27-33)40(6,7)10-3)36(28-30-18-12-13-19-30)41-35(9-2)38(43)42(11-4)37-23-15-14-22-34(37)39(44)45;2*1-2/h9,14-15,17,20,22-24,26-27,30,33H,8,10-13,16,18-19,21,25,28H2,1-7H3,(H,44,45);2*1-2H3/b29-24+,31-17+,35-9-,41-36+;;. The van der Waals surface area contributed by atoms with Gasteiger partial charge in [0, 0.05) is 12.3 Å². The molecule has 1 fully saturated rings. The Morgan fingerprint density at radius 1 is 1.02 bits per heavy atom. The fraction of sp³-hybridized carbons (Fsp3) is 0.568. The summed E-state index contributed by atoms with van der Waals surface area (Å²) in [5.41, 5.74) is 4.39. The second-order valence-corrected chi connectivity index (χ2v) is 13.1. The number of carboxylic acid groups (broad SMARTS) is 1. The molecule has 0 radical (unpaired) electrons. The van der Waals surface area contributed by atoms with Crippen LogP contribution < -0.4 is 4.90 Å². The number of benzene rings is 1. The molecule has 1 aromatic rings. The molecule has 50 heavy (non-hydrogen) atoms. The molecular weight excluding hydrogens is 620 g/mol. The van der Waals surface area contributed by atoms with E-state index < -0.39 is 5.97 Å². The van der Waals surface area contributed by atoms with E-state index in [1.807, 2.05) is 48.5 Å². The number of amides is 1. The van der Waals surface area contributed by atoms with Crippen LogP contribution >= 0.6 is 0 Å². The zero-order chi connectivity index (χ0) is 37.7. The predicted octanol–water partition coefficient (Wildman–Crippen LogP) is 12.4. The van der Waals surface area contributed by atoms with Crippen molar-refractivity contribution >= 4 is 23.3 Å². The molecule has 0 aliphatic heterocycles. The fourth-order valence-corrected chi connectivity index (χ4v) is 6.26. The number of hydrogen-bond acceptors (Lipinski definition) is 4. The summed E-state index contributed by atoms with van der Waals surface area (Å²) in [5.74, 6) is 0.0641. The number of para-hydroxylation sites is 1. The van der Waals surface area contributed by atoms with Crippen LogP contribution in [0.4, 0.5) is 5.69 Å². The van der Waals surface area contributed by atoms with E-state index in [9.17, 15) is 14.7 Å². The molecule has 2 aliphatic carbocycles. The van der Waals surface area contributed by atoms with Gasteiger partial charge in [-0.25, -0.2) is 9.79 Å². The smallest absolute Gasteiger partial charge is 0.337 e. The lowest BCUT2D eigenvalue weighted by Crippen LogP contribution is -2.33. The van der Waals surface area contributed by atoms with Gasteiger partial charge in [-0.15, -0.1) is 0 Å². The van der Waals surface area contributed by atoms with Crippen LogP contribution in [0.15, 0.2) is 88.3 Å². The minimum atomic E-state index is -1.06. The second-order valence-electron chi connectivity index (χ2n) is 13.1. The van der Waals surface area contributed by atoms with Crippen LogP contribution in [0.25, 0.3) is 0 Å². The predicted molar refractivity (Wildman–Crippen MR) is 214 cm³/mol. The number of allylic oxidation sites excluding steroid dienone is 8. The third-order valence-electron chi connectivity index (χ3n) is 9.43. The Balaban J connectivity index is 0.00000301. The summed E-state index contributed by atoms with van der Waals surface area (Å²) in [6.45, 7) is 23.0. The summed E-state index contributed by atoms with van der Waals surface area (Å²) in [7, 11) is 0. The third-order valence-corrected chi connectivity index (χ3v) is 9.43. The number of nitrogens with zero attached hydrogens (tertiary/aromatic N) is 2. The Hall–Kier alpha value is -3.67. The maximum Gasteiger partial charge on any atom is 0.337 e. The average Bonchev–Trinajstić information content (AvgIpc) is 3.53. The van der Waals surface area contributed by atoms with Gasteiger partial charge in [0.1, 0.15) is 11.8 Å². The lowest BCUT2D eigenvalue weighted by molar-refractivity contribution is -0.115. The number of aliphatic imine (C=N–C) groups is 1. The fourth-order valence-electron chi connectivity index (χ4n) is 6.26. The van der Waals surface area contributed by atoms with Crippen LogP contribution in [0.5, 0.6) is 0 Å². The SMILES string of the molecule is CC.CC.C\C=C(/N=C(CC1CCCC1)/C(=C/CC)C/C=C(\C)OC1C=CC(C(C)(C)CC)=CCC1)C(=O)N(CC)c1ccccc1C(=O)O. The largest absolute Gasteiger partial charge is 0.491 e. The number of carbonyl (C=O) groups excluding carboxylic acids is 1. The van der Waals surface area contributed by atoms with Crippen molar-refractivity contribution in [3.05, 3.63) is 88.9 Å². The number of aromatic carboxylic acids is 1. The van der Waals surface area contributed by atoms with E-state index in [-0.39, 0.29) is 23.0 Å². The van der Waals surface area contributed by atoms with Crippen molar-refractivity contribution in [2.24, 2.45) is 16.3 Å². The van der Waals surface area contributed by atoms with Crippen molar-refractivity contribution in [1.29, 1.82) is 0 Å². The maximum absolute atomic E-state index is 13.9. The first kappa shape index (κ1) is 44.4. The first-order chi connectivity index (χ1) is 24.0. The van der Waals surface area contributed by atoms with E-state index in [4.69, 9.17) is 9.73 Å². The Labute approximate surface area is 305 Å². The monoisotopic (exact) mass is 689 g/mol. The molecule has 3 rings (SSSR count). The summed E-state index contributed by atoms with van der Waals surface area (Å²) in [5, 5.41) is 9.79. The van der Waals surface area contributed by atoms with Crippen molar-refractivity contribution in [1.82, 2.24) is 0 Å². The normalized spacial score (nSPS) is 17.5. The molecule has 1 saturated carbocycles. The Morgan fingerprint density at radius 3 is 2.26 bits per heavy atom. The first-order valence-corrected chi connectivity index (χ1v) is 19.3. The van der Waals surface area contributed by atoms with Gasteiger partial charge in [0.05, 0.1) is 17.0 Å². The highest BCUT2D eigenvalue weighted by Crippen LogP contribution is 2.34. The number of ether oxygens (including phenoxy) is 1. The molecule has 1 aromatic carbocycles. The van der Waals surface area contributed by atoms with Crippen LogP contribution in [0, 0.1) is 11.3 Å². The molecule has 0 bridgehead atoms. The van der Waals surface area contributed by atoms with Crippen molar-refractivity contribution in [3.8, 4) is 0 Å². The van der Waals surface area contributed by atoms with Gasteiger partial charge < -0.3 is 14.7 Å². The number of rotatable bonds is 15. The quantitative estimate of drug-likeness (QED) is 0.113. The summed E-state index contributed by atoms with van der Waals surface area (Å²) in [6.07, 6.45) is 23.1. The number of carboxylic acids is 1. The van der Waals surface area contributed by atoms with E-state index in [1.54, 1.807) is 24.3 Å². The number of likely N-dealkylation sites (N-methyl/N-ethyl adjacent to an activating group) is 1. The molecule has 1 atom stereocenters. The van der Waals surface area contributed by atoms with Crippen molar-refractivity contribution < 1.29 is 19.4 Å². The second kappa shape index (κ2) is 23.7. The molecule has 2 aliphatic rings. The molecule has 0 aromatic heterocycles. The summed E-state index contributed by atoms with van der Waals surface area (Å²) < 4.78 is 6.43. The Bertz CT molecular complexity index is 1390. The molecule has 1 unspecified atom stereocenters. The molecular formula is C44H68N2O4. The first-order valence-electron chi connectivity index (χ1n) is 19.3. The summed E-state index contributed by atoms with van der Waals surface area (Å²) >= 11 is 0. The summed E-state index contributed by atoms with van der Waals surface area (Å²) in [4.78, 5) is 32.5. The van der Waals surface area contributed by atoms with Crippen LogP contribution in [0.3, 0.4) is 0 Å².